The summed E-state index contributed by atoms with van der Waals surface area (Å²) in [5.74, 6) is 0.115. The van der Waals surface area contributed by atoms with Crippen LogP contribution in [0.25, 0.3) is 0 Å². The molecule has 0 aliphatic carbocycles. The number of morpholine rings is 1. The van der Waals surface area contributed by atoms with Crippen molar-refractivity contribution >= 4 is 10.0 Å². The molecule has 2 aliphatic heterocycles. The predicted octanol–water partition coefficient (Wildman–Crippen LogP) is -0.233. The van der Waals surface area contributed by atoms with Crippen molar-refractivity contribution in [1.29, 1.82) is 0 Å². The first kappa shape index (κ1) is 16.2. The zero-order valence-electron chi connectivity index (χ0n) is 12.5. The standard InChI is InChI=1S/C13H27N3O3S/c1-11(2)14-5-7-20(17,18)15-8-13-9-16-6-3-4-12(16)10-19-13/h11-15H,3-10H2,1-2H3. The monoisotopic (exact) mass is 305 g/mol. The Labute approximate surface area is 122 Å². The molecule has 7 heteroatoms. The number of hydrogen-bond donors (Lipinski definition) is 2. The van der Waals surface area contributed by atoms with Crippen LogP contribution in [0.4, 0.5) is 0 Å². The maximum absolute atomic E-state index is 11.9. The van der Waals surface area contributed by atoms with Gasteiger partial charge in [-0.05, 0) is 19.4 Å². The lowest BCUT2D eigenvalue weighted by molar-refractivity contribution is -0.0448. The quantitative estimate of drug-likeness (QED) is 0.680. The van der Waals surface area contributed by atoms with Crippen molar-refractivity contribution in [3.05, 3.63) is 0 Å². The van der Waals surface area contributed by atoms with Crippen molar-refractivity contribution in [2.24, 2.45) is 0 Å². The molecule has 0 aromatic heterocycles. The Kier molecular flexibility index (Phi) is 5.80. The zero-order valence-corrected chi connectivity index (χ0v) is 13.3. The lowest BCUT2D eigenvalue weighted by atomic mass is 10.2. The van der Waals surface area contributed by atoms with E-state index in [1.54, 1.807) is 0 Å². The second kappa shape index (κ2) is 7.17. The van der Waals surface area contributed by atoms with Gasteiger partial charge in [0, 0.05) is 31.7 Å². The fourth-order valence-electron chi connectivity index (χ4n) is 2.78. The number of rotatable bonds is 7. The molecule has 6 nitrogen and oxygen atoms in total. The van der Waals surface area contributed by atoms with Gasteiger partial charge in [-0.15, -0.1) is 0 Å². The van der Waals surface area contributed by atoms with E-state index < -0.39 is 10.0 Å². The molecule has 0 bridgehead atoms. The van der Waals surface area contributed by atoms with Gasteiger partial charge in [0.2, 0.25) is 10.0 Å². The molecule has 0 aromatic rings. The molecular weight excluding hydrogens is 278 g/mol. The summed E-state index contributed by atoms with van der Waals surface area (Å²) in [5, 5.41) is 3.11. The van der Waals surface area contributed by atoms with E-state index in [-0.39, 0.29) is 11.9 Å². The summed E-state index contributed by atoms with van der Waals surface area (Å²) in [6, 6.07) is 0.858. The summed E-state index contributed by atoms with van der Waals surface area (Å²) in [6.07, 6.45) is 2.42. The first-order valence-corrected chi connectivity index (χ1v) is 9.18. The largest absolute Gasteiger partial charge is 0.374 e. The van der Waals surface area contributed by atoms with Crippen molar-refractivity contribution in [2.75, 3.05) is 38.5 Å². The molecule has 2 rings (SSSR count). The molecule has 0 amide bonds. The topological polar surface area (TPSA) is 70.7 Å². The van der Waals surface area contributed by atoms with Crippen LogP contribution in [0.3, 0.4) is 0 Å². The van der Waals surface area contributed by atoms with Gasteiger partial charge < -0.3 is 10.1 Å². The predicted molar refractivity (Wildman–Crippen MR) is 79.3 cm³/mol. The number of fused-ring (bicyclic) bond motifs is 1. The van der Waals surface area contributed by atoms with Crippen LogP contribution in [0.1, 0.15) is 26.7 Å². The van der Waals surface area contributed by atoms with Gasteiger partial charge in [0.25, 0.3) is 0 Å². The average Bonchev–Trinajstić information content (AvgIpc) is 2.83. The van der Waals surface area contributed by atoms with Gasteiger partial charge in [0.05, 0.1) is 18.5 Å². The molecule has 0 saturated carbocycles. The van der Waals surface area contributed by atoms with Crippen molar-refractivity contribution in [3.8, 4) is 0 Å². The fraction of sp³-hybridized carbons (Fsp3) is 1.00. The number of nitrogens with one attached hydrogen (secondary N) is 2. The van der Waals surface area contributed by atoms with E-state index in [9.17, 15) is 8.42 Å². The summed E-state index contributed by atoms with van der Waals surface area (Å²) in [4.78, 5) is 2.42. The molecule has 20 heavy (non-hydrogen) atoms. The van der Waals surface area contributed by atoms with Crippen LogP contribution >= 0.6 is 0 Å². The molecule has 118 valence electrons. The third kappa shape index (κ3) is 4.96. The van der Waals surface area contributed by atoms with Gasteiger partial charge in [-0.25, -0.2) is 13.1 Å². The van der Waals surface area contributed by atoms with Crippen molar-refractivity contribution in [1.82, 2.24) is 14.9 Å². The minimum Gasteiger partial charge on any atom is -0.374 e. The van der Waals surface area contributed by atoms with E-state index in [4.69, 9.17) is 4.74 Å². The second-order valence-corrected chi connectivity index (χ2v) is 7.95. The number of ether oxygens (including phenoxy) is 1. The molecule has 2 atom stereocenters. The first-order valence-electron chi connectivity index (χ1n) is 7.52. The Morgan fingerprint density at radius 3 is 2.95 bits per heavy atom. The number of nitrogens with zero attached hydrogens (tertiary/aromatic N) is 1. The third-order valence-electron chi connectivity index (χ3n) is 3.92. The van der Waals surface area contributed by atoms with Crippen LogP contribution in [0.5, 0.6) is 0 Å². The Morgan fingerprint density at radius 2 is 2.20 bits per heavy atom. The Balaban J connectivity index is 1.68. The maximum atomic E-state index is 11.9. The summed E-state index contributed by atoms with van der Waals surface area (Å²) in [7, 11) is -3.21. The third-order valence-corrected chi connectivity index (χ3v) is 5.26. The van der Waals surface area contributed by atoms with Gasteiger partial charge in [-0.3, -0.25) is 4.90 Å². The lowest BCUT2D eigenvalue weighted by Crippen LogP contribution is -2.50. The SMILES string of the molecule is CC(C)NCCS(=O)(=O)NCC1CN2CCCC2CO1. The highest BCUT2D eigenvalue weighted by Crippen LogP contribution is 2.22. The van der Waals surface area contributed by atoms with Crippen LogP contribution < -0.4 is 10.0 Å². The highest BCUT2D eigenvalue weighted by molar-refractivity contribution is 7.89. The van der Waals surface area contributed by atoms with Crippen LogP contribution in [0, 0.1) is 0 Å². The van der Waals surface area contributed by atoms with Crippen molar-refractivity contribution in [3.63, 3.8) is 0 Å². The molecule has 2 saturated heterocycles. The smallest absolute Gasteiger partial charge is 0.212 e. The summed E-state index contributed by atoms with van der Waals surface area (Å²) in [6.45, 7) is 7.57. The van der Waals surface area contributed by atoms with E-state index in [0.717, 1.165) is 19.7 Å². The molecule has 0 spiro atoms. The van der Waals surface area contributed by atoms with E-state index in [0.29, 0.717) is 25.2 Å². The van der Waals surface area contributed by atoms with Crippen LogP contribution in [0.15, 0.2) is 0 Å². The number of hydrogen-bond acceptors (Lipinski definition) is 5. The van der Waals surface area contributed by atoms with Gasteiger partial charge in [0.15, 0.2) is 0 Å². The van der Waals surface area contributed by atoms with E-state index >= 15 is 0 Å². The maximum Gasteiger partial charge on any atom is 0.212 e. The Morgan fingerprint density at radius 1 is 1.40 bits per heavy atom. The average molecular weight is 305 g/mol. The lowest BCUT2D eigenvalue weighted by Gasteiger charge is -2.35. The Bertz CT molecular complexity index is 400. The summed E-state index contributed by atoms with van der Waals surface area (Å²) in [5.41, 5.74) is 0. The van der Waals surface area contributed by atoms with Crippen molar-refractivity contribution < 1.29 is 13.2 Å². The second-order valence-electron chi connectivity index (χ2n) is 6.02. The van der Waals surface area contributed by atoms with Gasteiger partial charge in [-0.1, -0.05) is 13.8 Å². The molecule has 2 N–H and O–H groups in total. The van der Waals surface area contributed by atoms with E-state index in [2.05, 4.69) is 14.9 Å². The van der Waals surface area contributed by atoms with Crippen LogP contribution in [-0.4, -0.2) is 70.0 Å². The number of sulfonamides is 1. The molecule has 2 heterocycles. The summed E-state index contributed by atoms with van der Waals surface area (Å²) < 4.78 is 32.1. The zero-order chi connectivity index (χ0) is 14.6. The first-order chi connectivity index (χ1) is 9.46. The van der Waals surface area contributed by atoms with Crippen LogP contribution in [0.2, 0.25) is 0 Å². The van der Waals surface area contributed by atoms with Gasteiger partial charge in [-0.2, -0.15) is 0 Å². The molecule has 2 fully saturated rings. The minimum absolute atomic E-state index is 0.0165. The van der Waals surface area contributed by atoms with E-state index in [1.165, 1.54) is 12.8 Å². The molecule has 2 unspecified atom stereocenters. The molecule has 0 aromatic carbocycles. The highest BCUT2D eigenvalue weighted by Gasteiger charge is 2.32. The molecule has 0 radical (unpaired) electrons. The van der Waals surface area contributed by atoms with Gasteiger partial charge >= 0.3 is 0 Å². The van der Waals surface area contributed by atoms with Crippen LogP contribution in [-0.2, 0) is 14.8 Å². The van der Waals surface area contributed by atoms with Crippen molar-refractivity contribution in [2.45, 2.75) is 44.9 Å². The molecular formula is C13H27N3O3S. The highest BCUT2D eigenvalue weighted by atomic mass is 32.2. The van der Waals surface area contributed by atoms with E-state index in [1.807, 2.05) is 13.8 Å². The summed E-state index contributed by atoms with van der Waals surface area (Å²) >= 11 is 0. The Hall–Kier alpha value is -0.210. The normalized spacial score (nSPS) is 27.9. The molecule has 2 aliphatic rings. The fourth-order valence-corrected chi connectivity index (χ4v) is 3.75. The minimum atomic E-state index is -3.21. The van der Waals surface area contributed by atoms with Gasteiger partial charge in [0.1, 0.15) is 0 Å².